The quantitative estimate of drug-likeness (QED) is 0.452. The van der Waals surface area contributed by atoms with Crippen molar-refractivity contribution < 1.29 is 17.9 Å². The third kappa shape index (κ3) is 4.05. The number of aryl methyl sites for hydroxylation is 1. The number of ether oxygens (including phenoxy) is 1. The molecule has 0 amide bonds. The molecular formula is C27H32N2O4S. The lowest BCUT2D eigenvalue weighted by molar-refractivity contribution is -0.140. The third-order valence-corrected chi connectivity index (χ3v) is 9.32. The number of esters is 1. The fourth-order valence-electron chi connectivity index (χ4n) is 5.98. The monoisotopic (exact) mass is 480 g/mol. The molecule has 0 N–H and O–H groups in total. The number of fused-ring (bicyclic) bond motifs is 3. The van der Waals surface area contributed by atoms with E-state index >= 15 is 0 Å². The highest BCUT2D eigenvalue weighted by Gasteiger charge is 2.44. The lowest BCUT2D eigenvalue weighted by Crippen LogP contribution is -2.41. The molecule has 0 radical (unpaired) electrons. The average Bonchev–Trinajstić information content (AvgIpc) is 3.31. The van der Waals surface area contributed by atoms with Crippen LogP contribution in [-0.4, -0.2) is 49.0 Å². The summed E-state index contributed by atoms with van der Waals surface area (Å²) < 4.78 is 33.5. The van der Waals surface area contributed by atoms with Gasteiger partial charge in [0.15, 0.2) is 0 Å². The Morgan fingerprint density at radius 1 is 1.09 bits per heavy atom. The van der Waals surface area contributed by atoms with Crippen molar-refractivity contribution in [3.05, 3.63) is 65.9 Å². The molecule has 0 saturated carbocycles. The van der Waals surface area contributed by atoms with E-state index in [1.165, 1.54) is 17.5 Å². The Kier molecular flexibility index (Phi) is 6.25. The molecule has 3 aromatic rings. The molecule has 1 aromatic heterocycles. The Morgan fingerprint density at radius 2 is 1.85 bits per heavy atom. The Hall–Kier alpha value is -2.64. The van der Waals surface area contributed by atoms with Crippen LogP contribution >= 0.6 is 0 Å². The lowest BCUT2D eigenvalue weighted by atomic mass is 9.90. The van der Waals surface area contributed by atoms with E-state index in [2.05, 4.69) is 11.0 Å². The summed E-state index contributed by atoms with van der Waals surface area (Å²) in [5.41, 5.74) is 2.89. The van der Waals surface area contributed by atoms with Crippen LogP contribution in [0.15, 0.2) is 59.6 Å². The predicted molar refractivity (Wildman–Crippen MR) is 132 cm³/mol. The number of nitrogens with zero attached hydrogens (tertiary/aromatic N) is 2. The summed E-state index contributed by atoms with van der Waals surface area (Å²) in [7, 11) is -2.27. The summed E-state index contributed by atoms with van der Waals surface area (Å²) in [6.45, 7) is 2.83. The average molecular weight is 481 g/mol. The molecule has 2 aliphatic rings. The highest BCUT2D eigenvalue weighted by atomic mass is 32.2. The minimum atomic E-state index is -3.70. The molecule has 3 unspecified atom stereocenters. The van der Waals surface area contributed by atoms with Crippen LogP contribution < -0.4 is 0 Å². The highest BCUT2D eigenvalue weighted by molar-refractivity contribution is 7.90. The fraction of sp³-hybridized carbons (Fsp3) is 0.444. The van der Waals surface area contributed by atoms with Crippen molar-refractivity contribution in [2.75, 3.05) is 13.7 Å². The maximum Gasteiger partial charge on any atom is 0.305 e. The van der Waals surface area contributed by atoms with Gasteiger partial charge >= 0.3 is 5.97 Å². The maximum atomic E-state index is 13.6. The molecule has 2 saturated heterocycles. The van der Waals surface area contributed by atoms with E-state index in [0.717, 1.165) is 54.3 Å². The van der Waals surface area contributed by atoms with Crippen LogP contribution in [0.5, 0.6) is 0 Å². The summed E-state index contributed by atoms with van der Waals surface area (Å²) in [6.07, 6.45) is 7.58. The molecule has 6 nitrogen and oxygen atoms in total. The van der Waals surface area contributed by atoms with E-state index in [-0.39, 0.29) is 11.9 Å². The van der Waals surface area contributed by atoms with Gasteiger partial charge in [0.1, 0.15) is 0 Å². The van der Waals surface area contributed by atoms with Gasteiger partial charge in [-0.2, -0.15) is 0 Å². The molecule has 5 rings (SSSR count). The van der Waals surface area contributed by atoms with E-state index in [4.69, 9.17) is 4.74 Å². The minimum Gasteiger partial charge on any atom is -0.469 e. The fourth-order valence-corrected chi connectivity index (χ4v) is 7.36. The molecule has 180 valence electrons. The van der Waals surface area contributed by atoms with Gasteiger partial charge in [-0.1, -0.05) is 42.3 Å². The first kappa shape index (κ1) is 23.1. The zero-order valence-electron chi connectivity index (χ0n) is 19.8. The van der Waals surface area contributed by atoms with Gasteiger partial charge < -0.3 is 4.74 Å². The second kappa shape index (κ2) is 9.19. The van der Waals surface area contributed by atoms with Crippen LogP contribution in [0.1, 0.15) is 55.6 Å². The van der Waals surface area contributed by atoms with E-state index in [0.29, 0.717) is 23.4 Å². The van der Waals surface area contributed by atoms with Crippen LogP contribution in [-0.2, 0) is 19.6 Å². The van der Waals surface area contributed by atoms with Crippen molar-refractivity contribution in [1.29, 1.82) is 0 Å². The summed E-state index contributed by atoms with van der Waals surface area (Å²) in [5, 5.41) is 1.02. The molecule has 2 aromatic carbocycles. The highest BCUT2D eigenvalue weighted by Crippen LogP contribution is 2.47. The van der Waals surface area contributed by atoms with Crippen molar-refractivity contribution in [2.45, 2.75) is 68.3 Å². The van der Waals surface area contributed by atoms with Crippen LogP contribution in [0.3, 0.4) is 0 Å². The zero-order chi connectivity index (χ0) is 23.9. The number of hydrogen-bond acceptors (Lipinski definition) is 5. The molecule has 3 atom stereocenters. The maximum absolute atomic E-state index is 13.6. The molecule has 7 heteroatoms. The van der Waals surface area contributed by atoms with Gasteiger partial charge in [0, 0.05) is 36.0 Å². The Labute approximate surface area is 201 Å². The number of piperidine rings is 1. The number of carbonyl (C=O) groups is 1. The van der Waals surface area contributed by atoms with Crippen molar-refractivity contribution >= 4 is 26.9 Å². The number of carbonyl (C=O) groups excluding carboxylic acids is 1. The summed E-state index contributed by atoms with van der Waals surface area (Å²) in [5.74, 6) is 0.121. The van der Waals surface area contributed by atoms with Gasteiger partial charge in [-0.05, 0) is 62.9 Å². The number of benzene rings is 2. The smallest absolute Gasteiger partial charge is 0.305 e. The molecule has 2 fully saturated rings. The Bertz CT molecular complexity index is 1300. The number of rotatable bonds is 7. The van der Waals surface area contributed by atoms with Crippen LogP contribution in [0.25, 0.3) is 10.9 Å². The van der Waals surface area contributed by atoms with Gasteiger partial charge in [-0.3, -0.25) is 9.69 Å². The summed E-state index contributed by atoms with van der Waals surface area (Å²) >= 11 is 0. The number of aromatic nitrogens is 1. The van der Waals surface area contributed by atoms with E-state index < -0.39 is 10.0 Å². The largest absolute Gasteiger partial charge is 0.469 e. The van der Waals surface area contributed by atoms with Gasteiger partial charge in [0.05, 0.1) is 17.5 Å². The topological polar surface area (TPSA) is 68.6 Å². The zero-order valence-corrected chi connectivity index (χ0v) is 20.6. The SMILES string of the molecule is COC(=O)CCCN1C2CCCC1C(c1cn(S(=O)(=O)c3ccc(C)cc3)c3ccccc13)C2. The van der Waals surface area contributed by atoms with Gasteiger partial charge in [0.25, 0.3) is 10.0 Å². The number of hydrogen-bond donors (Lipinski definition) is 0. The van der Waals surface area contributed by atoms with Crippen molar-refractivity contribution in [1.82, 2.24) is 8.87 Å². The molecule has 2 bridgehead atoms. The first-order chi connectivity index (χ1) is 16.4. The molecule has 0 aliphatic carbocycles. The molecule has 2 aliphatic heterocycles. The van der Waals surface area contributed by atoms with Crippen LogP contribution in [0.2, 0.25) is 0 Å². The summed E-state index contributed by atoms with van der Waals surface area (Å²) in [6, 6.07) is 15.8. The lowest BCUT2D eigenvalue weighted by Gasteiger charge is -2.35. The second-order valence-electron chi connectivity index (χ2n) is 9.63. The second-order valence-corrected chi connectivity index (χ2v) is 11.4. The molecular weight excluding hydrogens is 448 g/mol. The normalized spacial score (nSPS) is 22.8. The standard InChI is InChI=1S/C27H32N2O4S/c1-19-12-14-21(15-13-19)34(31,32)29-18-24(22-8-3-4-9-26(22)29)23-17-20-7-5-10-25(23)28(20)16-6-11-27(30)33-2/h3-4,8-9,12-15,18,20,23,25H,5-7,10-11,16-17H2,1-2H3. The van der Waals surface area contributed by atoms with Crippen molar-refractivity contribution in [3.63, 3.8) is 0 Å². The minimum absolute atomic E-state index is 0.162. The van der Waals surface area contributed by atoms with Crippen LogP contribution in [0, 0.1) is 6.92 Å². The van der Waals surface area contributed by atoms with Crippen LogP contribution in [0.4, 0.5) is 0 Å². The van der Waals surface area contributed by atoms with E-state index in [1.807, 2.05) is 43.5 Å². The third-order valence-electron chi connectivity index (χ3n) is 7.63. The predicted octanol–water partition coefficient (Wildman–Crippen LogP) is 4.85. The van der Waals surface area contributed by atoms with E-state index in [1.54, 1.807) is 12.1 Å². The first-order valence-electron chi connectivity index (χ1n) is 12.1. The first-order valence-corrected chi connectivity index (χ1v) is 13.6. The summed E-state index contributed by atoms with van der Waals surface area (Å²) in [4.78, 5) is 14.5. The molecule has 3 heterocycles. The Balaban J connectivity index is 1.50. The molecule has 0 spiro atoms. The van der Waals surface area contributed by atoms with E-state index in [9.17, 15) is 13.2 Å². The van der Waals surface area contributed by atoms with Crippen molar-refractivity contribution in [2.24, 2.45) is 0 Å². The molecule has 34 heavy (non-hydrogen) atoms. The Morgan fingerprint density at radius 3 is 2.62 bits per heavy atom. The van der Waals surface area contributed by atoms with Crippen molar-refractivity contribution in [3.8, 4) is 0 Å². The van der Waals surface area contributed by atoms with Gasteiger partial charge in [-0.15, -0.1) is 0 Å². The van der Waals surface area contributed by atoms with Gasteiger partial charge in [0.2, 0.25) is 0 Å². The van der Waals surface area contributed by atoms with Gasteiger partial charge in [-0.25, -0.2) is 12.4 Å². The number of para-hydroxylation sites is 1. The number of methoxy groups -OCH3 is 1.